The van der Waals surface area contributed by atoms with E-state index in [1.165, 1.54) is 23.0 Å². The van der Waals surface area contributed by atoms with Gasteiger partial charge in [0.25, 0.3) is 5.89 Å². The molecule has 0 unspecified atom stereocenters. The second-order valence-electron chi connectivity index (χ2n) is 6.94. The summed E-state index contributed by atoms with van der Waals surface area (Å²) >= 11 is 5.89. The molecule has 4 aromatic heterocycles. The Morgan fingerprint density at radius 1 is 1.10 bits per heavy atom. The highest BCUT2D eigenvalue weighted by molar-refractivity contribution is 6.30. The topological polar surface area (TPSA) is 86.7 Å². The predicted molar refractivity (Wildman–Crippen MR) is 110 cm³/mol. The Bertz CT molecular complexity index is 1580. The molecule has 31 heavy (non-hydrogen) atoms. The summed E-state index contributed by atoms with van der Waals surface area (Å²) in [4.78, 5) is 25.3. The fraction of sp³-hybridized carbons (Fsp3) is 0.0952. The molecule has 0 amide bonds. The lowest BCUT2D eigenvalue weighted by molar-refractivity contribution is 0.573. The van der Waals surface area contributed by atoms with Crippen LogP contribution in [0.1, 0.15) is 11.3 Å². The zero-order valence-electron chi connectivity index (χ0n) is 16.2. The maximum Gasteiger partial charge on any atom is 0.252 e. The fourth-order valence-corrected chi connectivity index (χ4v) is 3.38. The Hall–Kier alpha value is -3.72. The molecule has 7 nitrogen and oxygen atoms in total. The minimum atomic E-state index is -0.755. The van der Waals surface area contributed by atoms with Crippen LogP contribution in [-0.2, 0) is 0 Å². The highest BCUT2D eigenvalue weighted by Gasteiger charge is 2.21. The molecule has 0 N–H and O–H groups in total. The molecule has 0 aliphatic carbocycles. The van der Waals surface area contributed by atoms with E-state index in [0.717, 1.165) is 17.7 Å². The zero-order chi connectivity index (χ0) is 21.9. The van der Waals surface area contributed by atoms with Crippen LogP contribution in [-0.4, -0.2) is 24.7 Å². The van der Waals surface area contributed by atoms with Gasteiger partial charge in [-0.2, -0.15) is 9.49 Å². The molecule has 0 saturated heterocycles. The van der Waals surface area contributed by atoms with Crippen molar-refractivity contribution in [3.8, 4) is 17.3 Å². The lowest BCUT2D eigenvalue weighted by atomic mass is 10.1. The summed E-state index contributed by atoms with van der Waals surface area (Å²) in [6.45, 7) is 3.58. The highest BCUT2D eigenvalue weighted by Crippen LogP contribution is 2.26. The second-order valence-corrected chi connectivity index (χ2v) is 7.37. The number of hydrogen-bond acceptors (Lipinski definition) is 6. The van der Waals surface area contributed by atoms with Gasteiger partial charge in [0.1, 0.15) is 22.5 Å². The smallest absolute Gasteiger partial charge is 0.252 e. The third-order valence-electron chi connectivity index (χ3n) is 4.89. The van der Waals surface area contributed by atoms with E-state index in [2.05, 4.69) is 20.1 Å². The van der Waals surface area contributed by atoms with Crippen molar-refractivity contribution in [1.29, 1.82) is 0 Å². The molecule has 0 atom stereocenters. The van der Waals surface area contributed by atoms with Crippen LogP contribution >= 0.6 is 11.6 Å². The van der Waals surface area contributed by atoms with Gasteiger partial charge in [0, 0.05) is 16.8 Å². The minimum Gasteiger partial charge on any atom is -0.434 e. The van der Waals surface area contributed by atoms with E-state index in [9.17, 15) is 13.6 Å². The molecule has 0 saturated carbocycles. The first-order valence-electron chi connectivity index (χ1n) is 9.11. The van der Waals surface area contributed by atoms with Crippen molar-refractivity contribution in [3.05, 3.63) is 74.8 Å². The van der Waals surface area contributed by atoms with Crippen molar-refractivity contribution in [2.24, 2.45) is 0 Å². The molecule has 0 bridgehead atoms. The van der Waals surface area contributed by atoms with Crippen molar-refractivity contribution < 1.29 is 13.2 Å². The number of nitrogens with zero attached hydrogens (tertiary/aromatic N) is 5. The zero-order valence-corrected chi connectivity index (χ0v) is 16.9. The molecule has 0 radical (unpaired) electrons. The summed E-state index contributed by atoms with van der Waals surface area (Å²) in [6, 6.07) is 6.85. The predicted octanol–water partition coefficient (Wildman–Crippen LogP) is 4.53. The number of pyridine rings is 2. The van der Waals surface area contributed by atoms with Crippen LogP contribution in [0.25, 0.3) is 39.4 Å². The largest absolute Gasteiger partial charge is 0.434 e. The average Bonchev–Trinajstić information content (AvgIpc) is 3.13. The summed E-state index contributed by atoms with van der Waals surface area (Å²) in [5.74, 6) is -1.55. The Balaban J connectivity index is 1.88. The van der Waals surface area contributed by atoms with Gasteiger partial charge >= 0.3 is 0 Å². The molecule has 5 aromatic rings. The summed E-state index contributed by atoms with van der Waals surface area (Å²) in [6.07, 6.45) is 1.18. The summed E-state index contributed by atoms with van der Waals surface area (Å²) in [7, 11) is 0. The average molecular weight is 440 g/mol. The number of hydrogen-bond donors (Lipinski definition) is 0. The van der Waals surface area contributed by atoms with Crippen LogP contribution in [0.2, 0.25) is 5.02 Å². The SMILES string of the molecule is Cc1cc2c(nc1C)c(=O)c(-c1nc3cnc(F)cc3o1)nn2-c1ccc(Cl)cc1F. The van der Waals surface area contributed by atoms with E-state index in [1.807, 2.05) is 6.92 Å². The first-order valence-corrected chi connectivity index (χ1v) is 9.49. The maximum absolute atomic E-state index is 14.8. The quantitative estimate of drug-likeness (QED) is 0.375. The van der Waals surface area contributed by atoms with Gasteiger partial charge in [-0.25, -0.2) is 24.0 Å². The fourth-order valence-electron chi connectivity index (χ4n) is 3.22. The van der Waals surface area contributed by atoms with Crippen LogP contribution < -0.4 is 5.43 Å². The van der Waals surface area contributed by atoms with E-state index < -0.39 is 17.2 Å². The Labute approximate surface area is 178 Å². The first-order chi connectivity index (χ1) is 14.8. The molecule has 154 valence electrons. The first kappa shape index (κ1) is 19.3. The molecule has 0 spiro atoms. The molecule has 0 fully saturated rings. The molecule has 0 aliphatic heterocycles. The van der Waals surface area contributed by atoms with Gasteiger partial charge in [0.2, 0.25) is 11.4 Å². The molecule has 10 heteroatoms. The van der Waals surface area contributed by atoms with E-state index in [4.69, 9.17) is 16.0 Å². The van der Waals surface area contributed by atoms with Crippen LogP contribution in [0, 0.1) is 25.6 Å². The number of aromatic nitrogens is 5. The number of oxazole rings is 1. The molecular weight excluding hydrogens is 428 g/mol. The Kier molecular flexibility index (Phi) is 4.30. The standard InChI is InChI=1S/C21H12ClF2N5O2/c1-9-5-15-18(26-10(9)2)20(30)19(21-27-13-8-25-17(24)7-16(13)31-21)28-29(15)14-4-3-11(22)6-12(14)23/h3-8H,1-2H3. The number of fused-ring (bicyclic) bond motifs is 2. The highest BCUT2D eigenvalue weighted by atomic mass is 35.5. The normalized spacial score (nSPS) is 11.5. The van der Waals surface area contributed by atoms with Gasteiger partial charge < -0.3 is 4.42 Å². The van der Waals surface area contributed by atoms with E-state index >= 15 is 0 Å². The molecule has 5 rings (SSSR count). The van der Waals surface area contributed by atoms with Crippen LogP contribution in [0.3, 0.4) is 0 Å². The Morgan fingerprint density at radius 3 is 2.68 bits per heavy atom. The maximum atomic E-state index is 14.8. The van der Waals surface area contributed by atoms with E-state index in [-0.39, 0.29) is 38.9 Å². The van der Waals surface area contributed by atoms with Gasteiger partial charge in [-0.05, 0) is 43.7 Å². The molecular formula is C21H12ClF2N5O2. The monoisotopic (exact) mass is 439 g/mol. The van der Waals surface area contributed by atoms with Gasteiger partial charge in [0.15, 0.2) is 11.3 Å². The lowest BCUT2D eigenvalue weighted by Crippen LogP contribution is -2.18. The lowest BCUT2D eigenvalue weighted by Gasteiger charge is -2.13. The van der Waals surface area contributed by atoms with Crippen molar-refractivity contribution in [2.75, 3.05) is 0 Å². The van der Waals surface area contributed by atoms with Crippen molar-refractivity contribution in [3.63, 3.8) is 0 Å². The van der Waals surface area contributed by atoms with Gasteiger partial charge in [-0.15, -0.1) is 0 Å². The molecule has 0 aliphatic rings. The number of halogens is 3. The van der Waals surface area contributed by atoms with Crippen molar-refractivity contribution >= 4 is 33.7 Å². The summed E-state index contributed by atoms with van der Waals surface area (Å²) in [5.41, 5.74) is 1.45. The Morgan fingerprint density at radius 2 is 1.90 bits per heavy atom. The minimum absolute atomic E-state index is 0.0597. The van der Waals surface area contributed by atoms with Crippen LogP contribution in [0.4, 0.5) is 8.78 Å². The van der Waals surface area contributed by atoms with Crippen molar-refractivity contribution in [1.82, 2.24) is 24.7 Å². The number of benzene rings is 1. The molecule has 4 heterocycles. The second kappa shape index (κ2) is 6.92. The summed E-state index contributed by atoms with van der Waals surface area (Å²) in [5, 5.41) is 4.54. The summed E-state index contributed by atoms with van der Waals surface area (Å²) < 4.78 is 35.0. The van der Waals surface area contributed by atoms with E-state index in [1.54, 1.807) is 13.0 Å². The van der Waals surface area contributed by atoms with Crippen molar-refractivity contribution in [2.45, 2.75) is 13.8 Å². The number of rotatable bonds is 2. The number of aryl methyl sites for hydroxylation is 2. The van der Waals surface area contributed by atoms with Crippen LogP contribution in [0.5, 0.6) is 0 Å². The van der Waals surface area contributed by atoms with Gasteiger partial charge in [-0.3, -0.25) is 4.79 Å². The van der Waals surface area contributed by atoms with E-state index in [0.29, 0.717) is 11.2 Å². The third kappa shape index (κ3) is 3.14. The molecule has 1 aromatic carbocycles. The van der Waals surface area contributed by atoms with Crippen LogP contribution in [0.15, 0.2) is 45.7 Å². The van der Waals surface area contributed by atoms with Gasteiger partial charge in [0.05, 0.1) is 11.7 Å². The van der Waals surface area contributed by atoms with Gasteiger partial charge in [-0.1, -0.05) is 11.6 Å². The third-order valence-corrected chi connectivity index (χ3v) is 5.12.